The average Bonchev–Trinajstić information content (AvgIpc) is 2.82. The molecule has 3 atom stereocenters. The van der Waals surface area contributed by atoms with Crippen LogP contribution < -0.4 is 20.5 Å². The van der Waals surface area contributed by atoms with Gasteiger partial charge >= 0.3 is 0 Å². The van der Waals surface area contributed by atoms with Crippen molar-refractivity contribution in [2.24, 2.45) is 11.7 Å². The fourth-order valence-electron chi connectivity index (χ4n) is 3.78. The highest BCUT2D eigenvalue weighted by Crippen LogP contribution is 2.24. The minimum Gasteiger partial charge on any atom is -0.497 e. The SMILES string of the molecule is COc1cc(CN(Cc2ccccc2)C(=O)CC(NC(=O)[C@@H](N)CC(C)C)[C@H](C)O)cc(OC)c1. The van der Waals surface area contributed by atoms with E-state index in [1.54, 1.807) is 32.1 Å². The maximum Gasteiger partial charge on any atom is 0.237 e. The molecule has 192 valence electrons. The molecule has 8 heteroatoms. The van der Waals surface area contributed by atoms with Gasteiger partial charge in [-0.1, -0.05) is 44.2 Å². The molecule has 0 radical (unpaired) electrons. The highest BCUT2D eigenvalue weighted by Gasteiger charge is 2.27. The Morgan fingerprint density at radius 3 is 2.06 bits per heavy atom. The molecule has 0 heterocycles. The highest BCUT2D eigenvalue weighted by atomic mass is 16.5. The van der Waals surface area contributed by atoms with Crippen molar-refractivity contribution >= 4 is 11.8 Å². The zero-order valence-electron chi connectivity index (χ0n) is 21.4. The van der Waals surface area contributed by atoms with Crippen LogP contribution >= 0.6 is 0 Å². The Kier molecular flexibility index (Phi) is 11.0. The molecule has 2 rings (SSSR count). The number of nitrogens with two attached hydrogens (primary N) is 1. The monoisotopic (exact) mass is 485 g/mol. The van der Waals surface area contributed by atoms with Crippen LogP contribution in [0.2, 0.25) is 0 Å². The molecule has 0 aliphatic carbocycles. The Morgan fingerprint density at radius 2 is 1.54 bits per heavy atom. The van der Waals surface area contributed by atoms with Crippen molar-refractivity contribution in [2.75, 3.05) is 14.2 Å². The molecule has 2 aromatic rings. The molecule has 0 spiro atoms. The third-order valence-corrected chi connectivity index (χ3v) is 5.72. The van der Waals surface area contributed by atoms with Gasteiger partial charge < -0.3 is 30.5 Å². The van der Waals surface area contributed by atoms with Gasteiger partial charge in [0, 0.05) is 25.6 Å². The van der Waals surface area contributed by atoms with Crippen molar-refractivity contribution in [1.29, 1.82) is 0 Å². The number of hydrogen-bond donors (Lipinski definition) is 3. The standard InChI is InChI=1S/C27H39N3O5/c1-18(2)11-24(28)27(33)29-25(19(3)31)15-26(32)30(16-20-9-7-6-8-10-20)17-21-12-22(34-4)14-23(13-21)35-5/h6-10,12-14,18-19,24-25,31H,11,15-17,28H2,1-5H3,(H,29,33)/t19-,24-,25?/m0/s1. The van der Waals surface area contributed by atoms with E-state index in [4.69, 9.17) is 15.2 Å². The molecule has 0 saturated carbocycles. The van der Waals surface area contributed by atoms with Crippen LogP contribution in [0.5, 0.6) is 11.5 Å². The second kappa shape index (κ2) is 13.7. The molecular weight excluding hydrogens is 446 g/mol. The second-order valence-electron chi connectivity index (χ2n) is 9.25. The lowest BCUT2D eigenvalue weighted by Crippen LogP contribution is -2.51. The van der Waals surface area contributed by atoms with Crippen molar-refractivity contribution in [2.45, 2.75) is 64.9 Å². The average molecular weight is 486 g/mol. The van der Waals surface area contributed by atoms with Crippen LogP contribution in [0.15, 0.2) is 48.5 Å². The van der Waals surface area contributed by atoms with Crippen LogP contribution in [0, 0.1) is 5.92 Å². The second-order valence-corrected chi connectivity index (χ2v) is 9.25. The number of hydrogen-bond acceptors (Lipinski definition) is 6. The van der Waals surface area contributed by atoms with E-state index in [2.05, 4.69) is 5.32 Å². The molecule has 2 amide bonds. The van der Waals surface area contributed by atoms with Gasteiger partial charge in [-0.3, -0.25) is 9.59 Å². The topological polar surface area (TPSA) is 114 Å². The number of carbonyl (C=O) groups is 2. The molecule has 0 bridgehead atoms. The van der Waals surface area contributed by atoms with Crippen LogP contribution in [0.1, 0.15) is 44.7 Å². The minimum atomic E-state index is -0.926. The lowest BCUT2D eigenvalue weighted by atomic mass is 10.0. The van der Waals surface area contributed by atoms with Crippen LogP contribution in [0.25, 0.3) is 0 Å². The van der Waals surface area contributed by atoms with Gasteiger partial charge in [0.2, 0.25) is 11.8 Å². The number of benzene rings is 2. The molecule has 2 aromatic carbocycles. The summed E-state index contributed by atoms with van der Waals surface area (Å²) >= 11 is 0. The fraction of sp³-hybridized carbons (Fsp3) is 0.481. The van der Waals surface area contributed by atoms with Crippen molar-refractivity contribution in [3.63, 3.8) is 0 Å². The summed E-state index contributed by atoms with van der Waals surface area (Å²) in [6.07, 6.45) is -0.472. The lowest BCUT2D eigenvalue weighted by Gasteiger charge is -2.28. The van der Waals surface area contributed by atoms with E-state index in [0.29, 0.717) is 31.0 Å². The number of nitrogens with zero attached hydrogens (tertiary/aromatic N) is 1. The van der Waals surface area contributed by atoms with Gasteiger partial charge in [0.25, 0.3) is 0 Å². The summed E-state index contributed by atoms with van der Waals surface area (Å²) in [5.74, 6) is 0.923. The molecule has 0 fully saturated rings. The van der Waals surface area contributed by atoms with Crippen molar-refractivity contribution in [1.82, 2.24) is 10.2 Å². The first-order chi connectivity index (χ1) is 16.6. The maximum atomic E-state index is 13.5. The van der Waals surface area contributed by atoms with E-state index in [1.807, 2.05) is 56.3 Å². The van der Waals surface area contributed by atoms with E-state index in [0.717, 1.165) is 11.1 Å². The van der Waals surface area contributed by atoms with Crippen LogP contribution in [-0.2, 0) is 22.7 Å². The summed E-state index contributed by atoms with van der Waals surface area (Å²) in [5, 5.41) is 13.1. The van der Waals surface area contributed by atoms with E-state index >= 15 is 0 Å². The van der Waals surface area contributed by atoms with Crippen LogP contribution in [-0.4, -0.2) is 54.2 Å². The lowest BCUT2D eigenvalue weighted by molar-refractivity contribution is -0.134. The van der Waals surface area contributed by atoms with Gasteiger partial charge in [-0.15, -0.1) is 0 Å². The van der Waals surface area contributed by atoms with Gasteiger partial charge in [0.05, 0.1) is 32.4 Å². The Hall–Kier alpha value is -3.10. The van der Waals surface area contributed by atoms with E-state index in [9.17, 15) is 14.7 Å². The number of nitrogens with one attached hydrogen (secondary N) is 1. The molecule has 0 aliphatic heterocycles. The van der Waals surface area contributed by atoms with Gasteiger partial charge in [-0.05, 0) is 42.5 Å². The summed E-state index contributed by atoms with van der Waals surface area (Å²) in [7, 11) is 3.15. The summed E-state index contributed by atoms with van der Waals surface area (Å²) in [4.78, 5) is 27.7. The number of methoxy groups -OCH3 is 2. The normalized spacial score (nSPS) is 13.6. The predicted molar refractivity (Wildman–Crippen MR) is 136 cm³/mol. The number of ether oxygens (including phenoxy) is 2. The third-order valence-electron chi connectivity index (χ3n) is 5.72. The van der Waals surface area contributed by atoms with Gasteiger partial charge in [0.15, 0.2) is 0 Å². The van der Waals surface area contributed by atoms with Crippen molar-refractivity contribution in [3.8, 4) is 11.5 Å². The number of rotatable bonds is 13. The minimum absolute atomic E-state index is 0.0637. The number of amides is 2. The Bertz CT molecular complexity index is 927. The Morgan fingerprint density at radius 1 is 0.971 bits per heavy atom. The number of carbonyl (C=O) groups excluding carboxylic acids is 2. The van der Waals surface area contributed by atoms with E-state index in [-0.39, 0.29) is 24.2 Å². The Balaban J connectivity index is 2.24. The fourth-order valence-corrected chi connectivity index (χ4v) is 3.78. The highest BCUT2D eigenvalue weighted by molar-refractivity contribution is 5.83. The third kappa shape index (κ3) is 9.22. The smallest absolute Gasteiger partial charge is 0.237 e. The van der Waals surface area contributed by atoms with Gasteiger partial charge in [-0.25, -0.2) is 0 Å². The molecule has 35 heavy (non-hydrogen) atoms. The first-order valence-electron chi connectivity index (χ1n) is 11.9. The molecule has 8 nitrogen and oxygen atoms in total. The summed E-state index contributed by atoms with van der Waals surface area (Å²) < 4.78 is 10.7. The summed E-state index contributed by atoms with van der Waals surface area (Å²) in [6.45, 7) is 6.19. The quantitative estimate of drug-likeness (QED) is 0.402. The van der Waals surface area contributed by atoms with E-state index in [1.165, 1.54) is 0 Å². The molecule has 0 saturated heterocycles. The maximum absolute atomic E-state index is 13.5. The van der Waals surface area contributed by atoms with E-state index < -0.39 is 18.2 Å². The summed E-state index contributed by atoms with van der Waals surface area (Å²) in [5.41, 5.74) is 7.80. The Labute approximate surface area is 208 Å². The molecule has 0 aromatic heterocycles. The predicted octanol–water partition coefficient (Wildman–Crippen LogP) is 2.86. The van der Waals surface area contributed by atoms with Crippen molar-refractivity contribution in [3.05, 3.63) is 59.7 Å². The first kappa shape index (κ1) is 28.1. The number of aliphatic hydroxyl groups excluding tert-OH is 1. The summed E-state index contributed by atoms with van der Waals surface area (Å²) in [6, 6.07) is 13.7. The van der Waals surface area contributed by atoms with Crippen LogP contribution in [0.4, 0.5) is 0 Å². The van der Waals surface area contributed by atoms with Crippen molar-refractivity contribution < 1.29 is 24.2 Å². The van der Waals surface area contributed by atoms with Gasteiger partial charge in [-0.2, -0.15) is 0 Å². The zero-order valence-corrected chi connectivity index (χ0v) is 21.4. The largest absolute Gasteiger partial charge is 0.497 e. The molecule has 1 unspecified atom stereocenters. The molecular formula is C27H39N3O5. The van der Waals surface area contributed by atoms with Gasteiger partial charge in [0.1, 0.15) is 11.5 Å². The number of aliphatic hydroxyl groups is 1. The van der Waals surface area contributed by atoms with Crippen LogP contribution in [0.3, 0.4) is 0 Å². The molecule has 4 N–H and O–H groups in total. The first-order valence-corrected chi connectivity index (χ1v) is 11.9. The molecule has 0 aliphatic rings. The zero-order chi connectivity index (χ0) is 26.0.